The third kappa shape index (κ3) is 2.18. The highest BCUT2D eigenvalue weighted by Crippen LogP contribution is 2.05. The molecule has 0 bridgehead atoms. The Kier molecular flexibility index (Phi) is 3.09. The molecule has 0 aromatic rings. The number of hydrogen-bond acceptors (Lipinski definition) is 3. The van der Waals surface area contributed by atoms with Crippen LogP contribution in [-0.4, -0.2) is 44.2 Å². The van der Waals surface area contributed by atoms with Crippen LogP contribution in [0.4, 0.5) is 0 Å². The van der Waals surface area contributed by atoms with Gasteiger partial charge >= 0.3 is 0 Å². The lowest BCUT2D eigenvalue weighted by Gasteiger charge is -2.30. The average molecular weight is 192 g/mol. The topological polar surface area (TPSA) is 49.4 Å². The Morgan fingerprint density at radius 2 is 2.25 bits per heavy atom. The molecule has 1 saturated heterocycles. The van der Waals surface area contributed by atoms with Crippen molar-refractivity contribution in [2.45, 2.75) is 19.9 Å². The smallest absolute Gasteiger partial charge is 0.213 e. The first kappa shape index (κ1) is 9.95. The molecular weight excluding hydrogens is 176 g/mol. The second kappa shape index (κ2) is 3.72. The Balaban J connectivity index is 2.63. The quantitative estimate of drug-likeness (QED) is 0.649. The predicted molar refractivity (Wildman–Crippen MR) is 48.5 cm³/mol. The molecule has 4 nitrogen and oxygen atoms in total. The van der Waals surface area contributed by atoms with E-state index in [2.05, 4.69) is 5.32 Å². The first-order valence-electron chi connectivity index (χ1n) is 4.27. The first-order chi connectivity index (χ1) is 5.56. The van der Waals surface area contributed by atoms with Gasteiger partial charge in [0.2, 0.25) is 10.0 Å². The fourth-order valence-electron chi connectivity index (χ4n) is 1.33. The molecule has 12 heavy (non-hydrogen) atoms. The Bertz CT molecular complexity index is 238. The zero-order chi connectivity index (χ0) is 9.19. The SMILES string of the molecule is CCS(=O)(=O)N1CCNC(C)C1. The summed E-state index contributed by atoms with van der Waals surface area (Å²) >= 11 is 0. The van der Waals surface area contributed by atoms with Crippen molar-refractivity contribution in [3.63, 3.8) is 0 Å². The van der Waals surface area contributed by atoms with Crippen molar-refractivity contribution < 1.29 is 8.42 Å². The molecule has 5 heteroatoms. The van der Waals surface area contributed by atoms with E-state index in [1.165, 1.54) is 0 Å². The Morgan fingerprint density at radius 1 is 1.58 bits per heavy atom. The molecule has 1 unspecified atom stereocenters. The number of hydrogen-bond donors (Lipinski definition) is 1. The predicted octanol–water partition coefficient (Wildman–Crippen LogP) is -0.370. The minimum absolute atomic E-state index is 0.208. The van der Waals surface area contributed by atoms with Crippen LogP contribution in [0.15, 0.2) is 0 Å². The molecule has 72 valence electrons. The lowest BCUT2D eigenvalue weighted by molar-refractivity contribution is 0.310. The van der Waals surface area contributed by atoms with Crippen LogP contribution in [-0.2, 0) is 10.0 Å². The van der Waals surface area contributed by atoms with E-state index in [1.807, 2.05) is 6.92 Å². The van der Waals surface area contributed by atoms with Crippen molar-refractivity contribution in [2.75, 3.05) is 25.4 Å². The molecule has 0 aliphatic carbocycles. The number of nitrogens with zero attached hydrogens (tertiary/aromatic N) is 1. The summed E-state index contributed by atoms with van der Waals surface area (Å²) in [5.74, 6) is 0.208. The molecule has 0 aromatic carbocycles. The second-order valence-corrected chi connectivity index (χ2v) is 5.37. The summed E-state index contributed by atoms with van der Waals surface area (Å²) in [5.41, 5.74) is 0. The molecule has 1 aliphatic rings. The van der Waals surface area contributed by atoms with E-state index < -0.39 is 10.0 Å². The van der Waals surface area contributed by atoms with Crippen LogP contribution in [0.5, 0.6) is 0 Å². The van der Waals surface area contributed by atoms with Crippen molar-refractivity contribution in [2.24, 2.45) is 0 Å². The third-order valence-corrected chi connectivity index (χ3v) is 3.94. The van der Waals surface area contributed by atoms with Crippen molar-refractivity contribution in [3.05, 3.63) is 0 Å². The number of nitrogens with one attached hydrogen (secondary N) is 1. The normalized spacial score (nSPS) is 27.3. The summed E-state index contributed by atoms with van der Waals surface area (Å²) in [7, 11) is -2.96. The largest absolute Gasteiger partial charge is 0.312 e. The first-order valence-corrected chi connectivity index (χ1v) is 5.88. The molecule has 0 aromatic heterocycles. The maximum absolute atomic E-state index is 11.4. The van der Waals surface area contributed by atoms with Crippen molar-refractivity contribution >= 4 is 10.0 Å². The standard InChI is InChI=1S/C7H16N2O2S/c1-3-12(10,11)9-5-4-8-7(2)6-9/h7-8H,3-6H2,1-2H3. The van der Waals surface area contributed by atoms with Gasteiger partial charge in [-0.15, -0.1) is 0 Å². The molecule has 1 aliphatic heterocycles. The lowest BCUT2D eigenvalue weighted by Crippen LogP contribution is -2.51. The van der Waals surface area contributed by atoms with Crippen LogP contribution >= 0.6 is 0 Å². The van der Waals surface area contributed by atoms with E-state index in [4.69, 9.17) is 0 Å². The van der Waals surface area contributed by atoms with E-state index in [0.29, 0.717) is 13.1 Å². The van der Waals surface area contributed by atoms with E-state index in [9.17, 15) is 8.42 Å². The van der Waals surface area contributed by atoms with E-state index in [1.54, 1.807) is 11.2 Å². The minimum atomic E-state index is -2.96. The van der Waals surface area contributed by atoms with Crippen LogP contribution in [0.3, 0.4) is 0 Å². The fraction of sp³-hybridized carbons (Fsp3) is 1.00. The van der Waals surface area contributed by atoms with Crippen molar-refractivity contribution in [1.82, 2.24) is 9.62 Å². The van der Waals surface area contributed by atoms with Gasteiger partial charge in [0, 0.05) is 25.7 Å². The molecule has 1 atom stereocenters. The maximum Gasteiger partial charge on any atom is 0.213 e. The van der Waals surface area contributed by atoms with Crippen LogP contribution in [0.2, 0.25) is 0 Å². The van der Waals surface area contributed by atoms with Gasteiger partial charge in [0.15, 0.2) is 0 Å². The number of sulfonamides is 1. The molecule has 0 amide bonds. The highest BCUT2D eigenvalue weighted by molar-refractivity contribution is 7.89. The molecule has 1 fully saturated rings. The summed E-state index contributed by atoms with van der Waals surface area (Å²) < 4.78 is 24.4. The molecule has 0 spiro atoms. The van der Waals surface area contributed by atoms with Gasteiger partial charge < -0.3 is 5.32 Å². The van der Waals surface area contributed by atoms with Crippen LogP contribution in [0.25, 0.3) is 0 Å². The van der Waals surface area contributed by atoms with Gasteiger partial charge in [-0.25, -0.2) is 8.42 Å². The molecule has 1 rings (SSSR count). The van der Waals surface area contributed by atoms with Gasteiger partial charge in [-0.1, -0.05) is 0 Å². The van der Waals surface area contributed by atoms with Crippen LogP contribution < -0.4 is 5.32 Å². The maximum atomic E-state index is 11.4. The van der Waals surface area contributed by atoms with Gasteiger partial charge in [-0.2, -0.15) is 4.31 Å². The zero-order valence-corrected chi connectivity index (χ0v) is 8.39. The van der Waals surface area contributed by atoms with Crippen LogP contribution in [0, 0.1) is 0 Å². The van der Waals surface area contributed by atoms with Crippen molar-refractivity contribution in [3.8, 4) is 0 Å². The molecule has 1 N–H and O–H groups in total. The molecular formula is C7H16N2O2S. The summed E-state index contributed by atoms with van der Waals surface area (Å²) in [6, 6.07) is 0.278. The Hall–Kier alpha value is -0.130. The zero-order valence-electron chi connectivity index (χ0n) is 7.58. The minimum Gasteiger partial charge on any atom is -0.312 e. The van der Waals surface area contributed by atoms with Crippen LogP contribution in [0.1, 0.15) is 13.8 Å². The summed E-state index contributed by atoms with van der Waals surface area (Å²) in [5, 5.41) is 3.20. The van der Waals surface area contributed by atoms with Crippen molar-refractivity contribution in [1.29, 1.82) is 0 Å². The highest BCUT2D eigenvalue weighted by Gasteiger charge is 2.24. The average Bonchev–Trinajstić information content (AvgIpc) is 2.05. The Labute approximate surface area is 74.0 Å². The lowest BCUT2D eigenvalue weighted by atomic mass is 10.3. The highest BCUT2D eigenvalue weighted by atomic mass is 32.2. The fourth-order valence-corrected chi connectivity index (χ4v) is 2.52. The Morgan fingerprint density at radius 3 is 2.75 bits per heavy atom. The molecule has 0 radical (unpaired) electrons. The van der Waals surface area contributed by atoms with Gasteiger partial charge in [0.25, 0.3) is 0 Å². The van der Waals surface area contributed by atoms with E-state index >= 15 is 0 Å². The van der Waals surface area contributed by atoms with E-state index in [0.717, 1.165) is 6.54 Å². The van der Waals surface area contributed by atoms with Gasteiger partial charge in [0.1, 0.15) is 0 Å². The second-order valence-electron chi connectivity index (χ2n) is 3.11. The summed E-state index contributed by atoms with van der Waals surface area (Å²) in [6.45, 7) is 5.66. The monoisotopic (exact) mass is 192 g/mol. The third-order valence-electron chi connectivity index (χ3n) is 2.09. The molecule has 1 heterocycles. The van der Waals surface area contributed by atoms with Gasteiger partial charge in [-0.3, -0.25) is 0 Å². The number of piperazine rings is 1. The van der Waals surface area contributed by atoms with E-state index in [-0.39, 0.29) is 11.8 Å². The van der Waals surface area contributed by atoms with Gasteiger partial charge in [-0.05, 0) is 13.8 Å². The van der Waals surface area contributed by atoms with Gasteiger partial charge in [0.05, 0.1) is 5.75 Å². The molecule has 0 saturated carbocycles. The number of rotatable bonds is 2. The summed E-state index contributed by atoms with van der Waals surface area (Å²) in [6.07, 6.45) is 0. The summed E-state index contributed by atoms with van der Waals surface area (Å²) in [4.78, 5) is 0.